The van der Waals surface area contributed by atoms with Gasteiger partial charge in [-0.3, -0.25) is 0 Å². The van der Waals surface area contributed by atoms with Gasteiger partial charge < -0.3 is 10.6 Å². The van der Waals surface area contributed by atoms with Crippen LogP contribution in [-0.2, 0) is 6.18 Å². The number of hydrogen-bond acceptors (Lipinski definition) is 3. The molecule has 2 heterocycles. The van der Waals surface area contributed by atoms with Crippen molar-refractivity contribution < 1.29 is 13.2 Å². The van der Waals surface area contributed by atoms with Gasteiger partial charge in [-0.15, -0.1) is 0 Å². The first-order chi connectivity index (χ1) is 9.34. The van der Waals surface area contributed by atoms with Gasteiger partial charge in [0.2, 0.25) is 0 Å². The predicted molar refractivity (Wildman–Crippen MR) is 75.6 cm³/mol. The van der Waals surface area contributed by atoms with Crippen LogP contribution in [0.1, 0.15) is 31.7 Å². The zero-order valence-electron chi connectivity index (χ0n) is 11.1. The van der Waals surface area contributed by atoms with Gasteiger partial charge in [0, 0.05) is 29.3 Å². The van der Waals surface area contributed by atoms with Crippen molar-refractivity contribution in [1.82, 2.24) is 4.98 Å². The number of pyridine rings is 1. The summed E-state index contributed by atoms with van der Waals surface area (Å²) in [5, 5.41) is 0. The monoisotopic (exact) mass is 351 g/mol. The van der Waals surface area contributed by atoms with E-state index < -0.39 is 11.7 Å². The number of alkyl halides is 3. The number of nitrogens with two attached hydrogens (primary N) is 1. The SMILES string of the molecule is CC1CCCC(CN)N1c1ncc(Br)cc1C(F)(F)F. The minimum atomic E-state index is -4.43. The van der Waals surface area contributed by atoms with E-state index in [1.54, 1.807) is 4.90 Å². The molecule has 20 heavy (non-hydrogen) atoms. The fraction of sp³-hybridized carbons (Fsp3) is 0.615. The number of rotatable bonds is 2. The van der Waals surface area contributed by atoms with E-state index in [4.69, 9.17) is 5.73 Å². The van der Waals surface area contributed by atoms with Crippen molar-refractivity contribution in [2.24, 2.45) is 5.73 Å². The molecule has 7 heteroatoms. The van der Waals surface area contributed by atoms with Gasteiger partial charge >= 0.3 is 6.18 Å². The fourth-order valence-electron chi connectivity index (χ4n) is 2.75. The summed E-state index contributed by atoms with van der Waals surface area (Å²) in [7, 11) is 0. The van der Waals surface area contributed by atoms with E-state index in [9.17, 15) is 13.2 Å². The highest BCUT2D eigenvalue weighted by Crippen LogP contribution is 2.39. The third-order valence-corrected chi connectivity index (χ3v) is 4.12. The largest absolute Gasteiger partial charge is 0.419 e. The minimum Gasteiger partial charge on any atom is -0.349 e. The molecule has 0 spiro atoms. The number of anilines is 1. The van der Waals surface area contributed by atoms with Gasteiger partial charge in [-0.25, -0.2) is 4.98 Å². The molecule has 2 unspecified atom stereocenters. The highest BCUT2D eigenvalue weighted by molar-refractivity contribution is 9.10. The first kappa shape index (κ1) is 15.6. The maximum absolute atomic E-state index is 13.2. The van der Waals surface area contributed by atoms with Gasteiger partial charge in [-0.2, -0.15) is 13.2 Å². The molecule has 112 valence electrons. The first-order valence-electron chi connectivity index (χ1n) is 6.55. The second-order valence-corrected chi connectivity index (χ2v) is 6.01. The topological polar surface area (TPSA) is 42.1 Å². The van der Waals surface area contributed by atoms with E-state index in [0.29, 0.717) is 11.0 Å². The summed E-state index contributed by atoms with van der Waals surface area (Å²) in [6.07, 6.45) is -0.388. The average Bonchev–Trinajstić information content (AvgIpc) is 2.38. The van der Waals surface area contributed by atoms with Crippen molar-refractivity contribution in [2.75, 3.05) is 11.4 Å². The first-order valence-corrected chi connectivity index (χ1v) is 7.35. The van der Waals surface area contributed by atoms with Crippen molar-refractivity contribution in [2.45, 2.75) is 44.4 Å². The van der Waals surface area contributed by atoms with Crippen LogP contribution in [-0.4, -0.2) is 23.6 Å². The van der Waals surface area contributed by atoms with Crippen LogP contribution in [0.15, 0.2) is 16.7 Å². The third kappa shape index (κ3) is 3.09. The molecule has 0 bridgehead atoms. The van der Waals surface area contributed by atoms with Crippen LogP contribution in [0.25, 0.3) is 0 Å². The van der Waals surface area contributed by atoms with Crippen LogP contribution in [0.5, 0.6) is 0 Å². The van der Waals surface area contributed by atoms with Crippen molar-refractivity contribution in [3.8, 4) is 0 Å². The molecule has 0 radical (unpaired) electrons. The van der Waals surface area contributed by atoms with Crippen molar-refractivity contribution in [1.29, 1.82) is 0 Å². The minimum absolute atomic E-state index is 0.00655. The van der Waals surface area contributed by atoms with Gasteiger partial charge in [-0.05, 0) is 48.2 Å². The number of hydrogen-bond donors (Lipinski definition) is 1. The molecule has 2 N–H and O–H groups in total. The summed E-state index contributed by atoms with van der Waals surface area (Å²) < 4.78 is 40.0. The molecule has 0 aromatic carbocycles. The Hall–Kier alpha value is -0.820. The van der Waals surface area contributed by atoms with E-state index in [1.807, 2.05) is 6.92 Å². The van der Waals surface area contributed by atoms with Gasteiger partial charge in [0.1, 0.15) is 5.82 Å². The molecule has 1 aliphatic heterocycles. The summed E-state index contributed by atoms with van der Waals surface area (Å²) in [5.41, 5.74) is 5.01. The van der Waals surface area contributed by atoms with E-state index >= 15 is 0 Å². The van der Waals surface area contributed by atoms with Gasteiger partial charge in [0.05, 0.1) is 5.56 Å². The van der Waals surface area contributed by atoms with Crippen LogP contribution in [0.3, 0.4) is 0 Å². The van der Waals surface area contributed by atoms with Crippen LogP contribution in [0.4, 0.5) is 19.0 Å². The maximum Gasteiger partial charge on any atom is 0.419 e. The average molecular weight is 352 g/mol. The second kappa shape index (κ2) is 5.89. The maximum atomic E-state index is 13.2. The van der Waals surface area contributed by atoms with Crippen molar-refractivity contribution >= 4 is 21.7 Å². The summed E-state index contributed by atoms with van der Waals surface area (Å²) in [6.45, 7) is 2.26. The van der Waals surface area contributed by atoms with Crippen LogP contribution >= 0.6 is 15.9 Å². The molecule has 2 rings (SSSR count). The highest BCUT2D eigenvalue weighted by atomic mass is 79.9. The number of aromatic nitrogens is 1. The van der Waals surface area contributed by atoms with E-state index in [0.717, 1.165) is 25.3 Å². The van der Waals surface area contributed by atoms with Gasteiger partial charge in [0.25, 0.3) is 0 Å². The molecule has 2 atom stereocenters. The van der Waals surface area contributed by atoms with Crippen LogP contribution in [0, 0.1) is 0 Å². The van der Waals surface area contributed by atoms with Crippen LogP contribution < -0.4 is 10.6 Å². The highest BCUT2D eigenvalue weighted by Gasteiger charge is 2.39. The zero-order valence-corrected chi connectivity index (χ0v) is 12.7. The Kier molecular flexibility index (Phi) is 4.59. The van der Waals surface area contributed by atoms with Crippen molar-refractivity contribution in [3.05, 3.63) is 22.3 Å². The Bertz CT molecular complexity index is 478. The standard InChI is InChI=1S/C13H17BrF3N3/c1-8-3-2-4-10(6-18)20(8)12-11(13(15,16)17)5-9(14)7-19-12/h5,7-8,10H,2-4,6,18H2,1H3. The molecular weight excluding hydrogens is 335 g/mol. The quantitative estimate of drug-likeness (QED) is 0.885. The molecule has 1 fully saturated rings. The Morgan fingerprint density at radius 1 is 1.45 bits per heavy atom. The fourth-order valence-corrected chi connectivity index (χ4v) is 3.08. The Labute approximate surface area is 124 Å². The van der Waals surface area contributed by atoms with E-state index in [2.05, 4.69) is 20.9 Å². The lowest BCUT2D eigenvalue weighted by Gasteiger charge is -2.42. The Morgan fingerprint density at radius 2 is 2.15 bits per heavy atom. The van der Waals surface area contributed by atoms with E-state index in [-0.39, 0.29) is 17.9 Å². The third-order valence-electron chi connectivity index (χ3n) is 3.68. The van der Waals surface area contributed by atoms with Crippen molar-refractivity contribution in [3.63, 3.8) is 0 Å². The lowest BCUT2D eigenvalue weighted by Crippen LogP contribution is -2.50. The summed E-state index contributed by atoms with van der Waals surface area (Å²) in [6, 6.07) is 0.998. The molecule has 0 amide bonds. The number of piperidine rings is 1. The molecular formula is C13H17BrF3N3. The zero-order chi connectivity index (χ0) is 14.9. The molecule has 1 aromatic rings. The number of nitrogens with zero attached hydrogens (tertiary/aromatic N) is 2. The second-order valence-electron chi connectivity index (χ2n) is 5.10. The molecule has 1 aromatic heterocycles. The smallest absolute Gasteiger partial charge is 0.349 e. The lowest BCUT2D eigenvalue weighted by molar-refractivity contribution is -0.137. The Morgan fingerprint density at radius 3 is 2.75 bits per heavy atom. The molecule has 1 saturated heterocycles. The molecule has 0 saturated carbocycles. The molecule has 3 nitrogen and oxygen atoms in total. The lowest BCUT2D eigenvalue weighted by atomic mass is 9.95. The predicted octanol–water partition coefficient (Wildman–Crippen LogP) is 3.57. The summed E-state index contributed by atoms with van der Waals surface area (Å²) >= 11 is 3.05. The number of halogens is 4. The van der Waals surface area contributed by atoms with E-state index in [1.165, 1.54) is 6.20 Å². The molecule has 1 aliphatic rings. The van der Waals surface area contributed by atoms with Gasteiger partial charge in [0.15, 0.2) is 0 Å². The summed E-state index contributed by atoms with van der Waals surface area (Å²) in [5.74, 6) is -0.0108. The van der Waals surface area contributed by atoms with Gasteiger partial charge in [-0.1, -0.05) is 0 Å². The Balaban J connectivity index is 2.49. The van der Waals surface area contributed by atoms with Crippen LogP contribution in [0.2, 0.25) is 0 Å². The summed E-state index contributed by atoms with van der Waals surface area (Å²) in [4.78, 5) is 5.76. The normalized spacial score (nSPS) is 24.0. The molecule has 0 aliphatic carbocycles.